The molecule has 68 valence electrons. The summed E-state index contributed by atoms with van der Waals surface area (Å²) >= 11 is 0. The molecule has 0 atom stereocenters. The Hall–Kier alpha value is -0.0800. The third-order valence-corrected chi connectivity index (χ3v) is 2.08. The van der Waals surface area contributed by atoms with Gasteiger partial charge < -0.3 is 10.0 Å². The molecular formula is C9H21NO. The second-order valence-corrected chi connectivity index (χ2v) is 3.52. The van der Waals surface area contributed by atoms with Crippen molar-refractivity contribution in [3.8, 4) is 0 Å². The number of rotatable bonds is 1. The summed E-state index contributed by atoms with van der Waals surface area (Å²) in [6.45, 7) is 5.90. The normalized spacial score (nSPS) is 35.7. The van der Waals surface area contributed by atoms with Crippen molar-refractivity contribution in [2.45, 2.75) is 45.3 Å². The summed E-state index contributed by atoms with van der Waals surface area (Å²) in [5.74, 6) is 0. The first-order valence-electron chi connectivity index (χ1n) is 4.40. The minimum absolute atomic E-state index is 0.366. The molecule has 2 nitrogen and oxygen atoms in total. The standard InChI is InChI=1S/C7H15NO.C2H6/c1-7(9)4-6(5-7)8(2)3;1-2/h6,9H,4-5H2,1-3H3;1-2H3. The molecule has 0 aromatic heterocycles. The average molecular weight is 159 g/mol. The Labute approximate surface area is 70.2 Å². The van der Waals surface area contributed by atoms with Gasteiger partial charge in [-0.15, -0.1) is 0 Å². The number of hydrogen-bond acceptors (Lipinski definition) is 2. The SMILES string of the molecule is CC.CN(C)C1CC(C)(O)C1. The van der Waals surface area contributed by atoms with Crippen molar-refractivity contribution in [2.75, 3.05) is 14.1 Å². The van der Waals surface area contributed by atoms with Crippen LogP contribution in [0.4, 0.5) is 0 Å². The van der Waals surface area contributed by atoms with E-state index < -0.39 is 0 Å². The van der Waals surface area contributed by atoms with Gasteiger partial charge in [0.2, 0.25) is 0 Å². The molecule has 0 aliphatic heterocycles. The number of nitrogens with zero attached hydrogens (tertiary/aromatic N) is 1. The highest BCUT2D eigenvalue weighted by Gasteiger charge is 2.39. The van der Waals surface area contributed by atoms with Crippen molar-refractivity contribution in [3.63, 3.8) is 0 Å². The van der Waals surface area contributed by atoms with Gasteiger partial charge >= 0.3 is 0 Å². The lowest BCUT2D eigenvalue weighted by atomic mass is 9.77. The molecule has 0 radical (unpaired) electrons. The highest BCUT2D eigenvalue weighted by atomic mass is 16.3. The summed E-state index contributed by atoms with van der Waals surface area (Å²) in [5.41, 5.74) is -0.366. The van der Waals surface area contributed by atoms with Gasteiger partial charge in [0.05, 0.1) is 5.60 Å². The summed E-state index contributed by atoms with van der Waals surface area (Å²) in [7, 11) is 4.11. The van der Waals surface area contributed by atoms with E-state index in [1.54, 1.807) is 0 Å². The Bertz CT molecular complexity index is 102. The third kappa shape index (κ3) is 3.21. The summed E-state index contributed by atoms with van der Waals surface area (Å²) in [4.78, 5) is 2.16. The molecule has 0 bridgehead atoms. The quantitative estimate of drug-likeness (QED) is 0.626. The molecule has 0 amide bonds. The molecular weight excluding hydrogens is 138 g/mol. The highest BCUT2D eigenvalue weighted by Crippen LogP contribution is 2.33. The molecule has 1 saturated carbocycles. The molecule has 2 heteroatoms. The van der Waals surface area contributed by atoms with E-state index in [4.69, 9.17) is 0 Å². The first kappa shape index (κ1) is 10.9. The third-order valence-electron chi connectivity index (χ3n) is 2.08. The lowest BCUT2D eigenvalue weighted by molar-refractivity contribution is -0.0663. The van der Waals surface area contributed by atoms with Gasteiger partial charge in [-0.2, -0.15) is 0 Å². The Balaban J connectivity index is 0.000000461. The van der Waals surface area contributed by atoms with Crippen molar-refractivity contribution in [1.82, 2.24) is 4.90 Å². The maximum Gasteiger partial charge on any atom is 0.0649 e. The Morgan fingerprint density at radius 3 is 1.73 bits per heavy atom. The van der Waals surface area contributed by atoms with Gasteiger partial charge in [-0.25, -0.2) is 0 Å². The van der Waals surface area contributed by atoms with Crippen LogP contribution in [0.3, 0.4) is 0 Å². The van der Waals surface area contributed by atoms with Gasteiger partial charge in [-0.1, -0.05) is 13.8 Å². The fourth-order valence-corrected chi connectivity index (χ4v) is 1.32. The van der Waals surface area contributed by atoms with Crippen molar-refractivity contribution in [1.29, 1.82) is 0 Å². The van der Waals surface area contributed by atoms with Gasteiger partial charge in [-0.3, -0.25) is 0 Å². The van der Waals surface area contributed by atoms with Gasteiger partial charge in [0, 0.05) is 6.04 Å². The minimum Gasteiger partial charge on any atom is -0.390 e. The van der Waals surface area contributed by atoms with Gasteiger partial charge in [0.1, 0.15) is 0 Å². The van der Waals surface area contributed by atoms with Crippen LogP contribution in [0.1, 0.15) is 33.6 Å². The zero-order chi connectivity index (χ0) is 9.07. The predicted octanol–water partition coefficient (Wildman–Crippen LogP) is 1.49. The number of hydrogen-bond donors (Lipinski definition) is 1. The van der Waals surface area contributed by atoms with E-state index in [1.807, 2.05) is 20.8 Å². The van der Waals surface area contributed by atoms with E-state index in [1.165, 1.54) is 0 Å². The lowest BCUT2D eigenvalue weighted by Crippen LogP contribution is -2.51. The molecule has 0 spiro atoms. The second-order valence-electron chi connectivity index (χ2n) is 3.52. The fourth-order valence-electron chi connectivity index (χ4n) is 1.32. The zero-order valence-corrected chi connectivity index (χ0v) is 8.39. The van der Waals surface area contributed by atoms with Crippen molar-refractivity contribution in [2.24, 2.45) is 0 Å². The van der Waals surface area contributed by atoms with E-state index in [0.29, 0.717) is 6.04 Å². The molecule has 0 aromatic carbocycles. The Morgan fingerprint density at radius 1 is 1.27 bits per heavy atom. The van der Waals surface area contributed by atoms with Crippen LogP contribution in [0.25, 0.3) is 0 Å². The monoisotopic (exact) mass is 159 g/mol. The molecule has 0 heterocycles. The average Bonchev–Trinajstić information content (AvgIpc) is 1.87. The van der Waals surface area contributed by atoms with Gasteiger partial charge in [-0.05, 0) is 33.9 Å². The molecule has 1 N–H and O–H groups in total. The number of aliphatic hydroxyl groups is 1. The summed E-state index contributed by atoms with van der Waals surface area (Å²) in [6, 6.07) is 0.611. The van der Waals surface area contributed by atoms with Crippen LogP contribution in [0.2, 0.25) is 0 Å². The van der Waals surface area contributed by atoms with Crippen molar-refractivity contribution >= 4 is 0 Å². The topological polar surface area (TPSA) is 23.5 Å². The van der Waals surface area contributed by atoms with Gasteiger partial charge in [0.25, 0.3) is 0 Å². The first-order valence-corrected chi connectivity index (χ1v) is 4.40. The first-order chi connectivity index (χ1) is 5.01. The molecule has 1 fully saturated rings. The predicted molar refractivity (Wildman–Crippen MR) is 48.7 cm³/mol. The fraction of sp³-hybridized carbons (Fsp3) is 1.00. The summed E-state index contributed by atoms with van der Waals surface area (Å²) in [6.07, 6.45) is 1.86. The summed E-state index contributed by atoms with van der Waals surface area (Å²) in [5, 5.41) is 9.31. The van der Waals surface area contributed by atoms with Crippen LogP contribution in [0.5, 0.6) is 0 Å². The van der Waals surface area contributed by atoms with Crippen LogP contribution < -0.4 is 0 Å². The molecule has 1 aliphatic rings. The van der Waals surface area contributed by atoms with Crippen molar-refractivity contribution < 1.29 is 5.11 Å². The van der Waals surface area contributed by atoms with E-state index in [-0.39, 0.29) is 5.60 Å². The Kier molecular flexibility index (Phi) is 4.04. The van der Waals surface area contributed by atoms with E-state index in [0.717, 1.165) is 12.8 Å². The molecule has 1 rings (SSSR count). The van der Waals surface area contributed by atoms with Crippen LogP contribution in [-0.2, 0) is 0 Å². The molecule has 0 aromatic rings. The molecule has 1 aliphatic carbocycles. The molecule has 0 saturated heterocycles. The van der Waals surface area contributed by atoms with E-state index in [9.17, 15) is 5.11 Å². The maximum atomic E-state index is 9.31. The summed E-state index contributed by atoms with van der Waals surface area (Å²) < 4.78 is 0. The zero-order valence-electron chi connectivity index (χ0n) is 8.39. The maximum absolute atomic E-state index is 9.31. The van der Waals surface area contributed by atoms with Crippen LogP contribution in [0.15, 0.2) is 0 Å². The van der Waals surface area contributed by atoms with E-state index in [2.05, 4.69) is 19.0 Å². The largest absolute Gasteiger partial charge is 0.390 e. The molecule has 11 heavy (non-hydrogen) atoms. The lowest BCUT2D eigenvalue weighted by Gasteiger charge is -2.44. The highest BCUT2D eigenvalue weighted by molar-refractivity contribution is 4.94. The Morgan fingerprint density at radius 2 is 1.64 bits per heavy atom. The smallest absolute Gasteiger partial charge is 0.0649 e. The van der Waals surface area contributed by atoms with Crippen molar-refractivity contribution in [3.05, 3.63) is 0 Å². The van der Waals surface area contributed by atoms with Gasteiger partial charge in [0.15, 0.2) is 0 Å². The molecule has 0 unspecified atom stereocenters. The second kappa shape index (κ2) is 4.07. The van der Waals surface area contributed by atoms with Crippen LogP contribution in [0, 0.1) is 0 Å². The van der Waals surface area contributed by atoms with Crippen LogP contribution in [-0.4, -0.2) is 35.7 Å². The van der Waals surface area contributed by atoms with Crippen LogP contribution >= 0.6 is 0 Å². The van der Waals surface area contributed by atoms with E-state index >= 15 is 0 Å². The minimum atomic E-state index is -0.366.